The fourth-order valence-corrected chi connectivity index (χ4v) is 8.13. The lowest BCUT2D eigenvalue weighted by Crippen LogP contribution is -2.47. The number of nitrogens with one attached hydrogen (secondary N) is 2. The number of anilines is 2. The molecule has 2 atom stereocenters. The molecule has 0 radical (unpaired) electrons. The highest BCUT2D eigenvalue weighted by atomic mass is 16.6. The van der Waals surface area contributed by atoms with Crippen LogP contribution in [0.2, 0.25) is 0 Å². The second-order valence-electron chi connectivity index (χ2n) is 16.9. The van der Waals surface area contributed by atoms with Gasteiger partial charge in [-0.2, -0.15) is 0 Å². The van der Waals surface area contributed by atoms with E-state index in [2.05, 4.69) is 15.6 Å². The van der Waals surface area contributed by atoms with Gasteiger partial charge >= 0.3 is 12.2 Å². The van der Waals surface area contributed by atoms with Gasteiger partial charge in [0.05, 0.1) is 10.8 Å². The molecule has 3 heterocycles. The minimum atomic E-state index is -0.997. The number of aromatic nitrogens is 1. The molecular formula is C45H50N6O7. The van der Waals surface area contributed by atoms with Crippen molar-refractivity contribution in [2.75, 3.05) is 37.3 Å². The van der Waals surface area contributed by atoms with Crippen molar-refractivity contribution in [2.24, 2.45) is 5.41 Å². The lowest BCUT2D eigenvalue weighted by atomic mass is 9.79. The predicted molar refractivity (Wildman–Crippen MR) is 218 cm³/mol. The Bertz CT molecular complexity index is 2240. The van der Waals surface area contributed by atoms with Crippen molar-refractivity contribution in [3.63, 3.8) is 0 Å². The van der Waals surface area contributed by atoms with Gasteiger partial charge in [0.25, 0.3) is 0 Å². The van der Waals surface area contributed by atoms with Crippen LogP contribution < -0.4 is 10.6 Å². The van der Waals surface area contributed by atoms with Gasteiger partial charge in [-0.05, 0) is 93.0 Å². The van der Waals surface area contributed by atoms with Crippen LogP contribution in [-0.2, 0) is 61.8 Å². The van der Waals surface area contributed by atoms with Crippen LogP contribution in [0.25, 0.3) is 0 Å². The predicted octanol–water partition coefficient (Wildman–Crippen LogP) is 6.45. The fourth-order valence-electron chi connectivity index (χ4n) is 8.13. The Morgan fingerprint density at radius 1 is 0.914 bits per heavy atom. The minimum Gasteiger partial charge on any atom is -0.445 e. The first kappa shape index (κ1) is 40.0. The number of pyridine rings is 1. The highest BCUT2D eigenvalue weighted by Gasteiger charge is 2.51. The third kappa shape index (κ3) is 8.53. The van der Waals surface area contributed by atoms with Crippen molar-refractivity contribution in [2.45, 2.75) is 77.7 Å². The molecule has 302 valence electrons. The van der Waals surface area contributed by atoms with E-state index in [-0.39, 0.29) is 44.6 Å². The number of carbonyl (C=O) groups excluding carboxylic acids is 5. The number of hydrogen-bond acceptors (Lipinski definition) is 8. The summed E-state index contributed by atoms with van der Waals surface area (Å²) in [6, 6.07) is 26.3. The van der Waals surface area contributed by atoms with Crippen LogP contribution in [0.1, 0.15) is 67.5 Å². The van der Waals surface area contributed by atoms with Gasteiger partial charge < -0.3 is 34.8 Å². The zero-order chi connectivity index (χ0) is 41.2. The van der Waals surface area contributed by atoms with E-state index in [1.165, 1.54) is 9.80 Å². The molecule has 5 amide bonds. The van der Waals surface area contributed by atoms with E-state index in [1.807, 2.05) is 91.9 Å². The van der Waals surface area contributed by atoms with Crippen molar-refractivity contribution >= 4 is 41.4 Å². The highest BCUT2D eigenvalue weighted by molar-refractivity contribution is 6.06. The summed E-state index contributed by atoms with van der Waals surface area (Å²) in [6.45, 7) is 7.81. The van der Waals surface area contributed by atoms with Crippen LogP contribution in [0.4, 0.5) is 21.1 Å². The number of benzene rings is 3. The van der Waals surface area contributed by atoms with Crippen molar-refractivity contribution < 1.29 is 33.4 Å². The topological polar surface area (TPSA) is 150 Å². The second kappa shape index (κ2) is 16.0. The molecule has 1 saturated heterocycles. The maximum absolute atomic E-state index is 14.7. The maximum atomic E-state index is 14.7. The number of nitrogens with zero attached hydrogens (tertiary/aromatic N) is 4. The number of carbonyl (C=O) groups is 5. The summed E-state index contributed by atoms with van der Waals surface area (Å²) in [5.41, 5.74) is 3.39. The van der Waals surface area contributed by atoms with Crippen LogP contribution in [0, 0.1) is 5.41 Å². The zero-order valence-corrected chi connectivity index (χ0v) is 33.7. The van der Waals surface area contributed by atoms with Gasteiger partial charge in [-0.1, -0.05) is 66.7 Å². The van der Waals surface area contributed by atoms with Gasteiger partial charge in [-0.3, -0.25) is 14.4 Å². The molecule has 13 heteroatoms. The molecule has 0 bridgehead atoms. The van der Waals surface area contributed by atoms with Gasteiger partial charge in [-0.15, -0.1) is 0 Å². The summed E-state index contributed by atoms with van der Waals surface area (Å²) < 4.78 is 11.2. The Morgan fingerprint density at radius 3 is 2.36 bits per heavy atom. The van der Waals surface area contributed by atoms with Crippen molar-refractivity contribution in [3.05, 3.63) is 125 Å². The number of ether oxygens (including phenoxy) is 2. The first-order chi connectivity index (χ1) is 27.6. The molecule has 3 aliphatic rings. The molecule has 58 heavy (non-hydrogen) atoms. The Labute approximate surface area is 338 Å². The van der Waals surface area contributed by atoms with Gasteiger partial charge in [0.1, 0.15) is 24.6 Å². The first-order valence-corrected chi connectivity index (χ1v) is 19.6. The average Bonchev–Trinajstić information content (AvgIpc) is 3.86. The first-order valence-electron chi connectivity index (χ1n) is 19.6. The molecule has 0 saturated carbocycles. The number of likely N-dealkylation sites (tertiary alicyclic amines) is 1. The molecule has 4 aromatic rings. The van der Waals surface area contributed by atoms with Crippen molar-refractivity contribution in [1.82, 2.24) is 19.7 Å². The highest BCUT2D eigenvalue weighted by Crippen LogP contribution is 2.47. The summed E-state index contributed by atoms with van der Waals surface area (Å²) in [7, 11) is 1.65. The van der Waals surface area contributed by atoms with Crippen molar-refractivity contribution in [3.8, 4) is 0 Å². The lowest BCUT2D eigenvalue weighted by molar-refractivity contribution is -0.143. The van der Waals surface area contributed by atoms with E-state index in [0.29, 0.717) is 37.3 Å². The summed E-state index contributed by atoms with van der Waals surface area (Å²) in [5, 5.41) is 5.93. The van der Waals surface area contributed by atoms with Crippen molar-refractivity contribution in [1.29, 1.82) is 0 Å². The zero-order valence-electron chi connectivity index (χ0n) is 33.7. The van der Waals surface area contributed by atoms with E-state index < -0.39 is 34.5 Å². The molecule has 1 unspecified atom stereocenters. The fraction of sp³-hybridized carbons (Fsp3) is 0.378. The van der Waals surface area contributed by atoms with E-state index in [1.54, 1.807) is 38.9 Å². The molecule has 1 aliphatic carbocycles. The number of amides is 5. The summed E-state index contributed by atoms with van der Waals surface area (Å²) >= 11 is 0. The van der Waals surface area contributed by atoms with Crippen LogP contribution >= 0.6 is 0 Å². The number of rotatable bonds is 10. The maximum Gasteiger partial charge on any atom is 0.410 e. The lowest BCUT2D eigenvalue weighted by Gasteiger charge is -2.32. The minimum absolute atomic E-state index is 0.0773. The molecule has 2 aliphatic heterocycles. The van der Waals surface area contributed by atoms with E-state index in [4.69, 9.17) is 9.47 Å². The van der Waals surface area contributed by atoms with Gasteiger partial charge in [0.15, 0.2) is 0 Å². The Balaban J connectivity index is 1.09. The third-order valence-electron chi connectivity index (χ3n) is 11.1. The van der Waals surface area contributed by atoms with E-state index >= 15 is 0 Å². The molecule has 2 N–H and O–H groups in total. The SMILES string of the molecule is CN(Cc1ccccc1CN(CC(=O)Nc1ccc2c(c1)C[C@@]1(C2)C(=O)Nc2ncccc21)C(=O)C1(C)CCN(C(=O)OCc2ccccc2)C1)C(=O)OC(C)(C)C. The smallest absolute Gasteiger partial charge is 0.410 e. The Morgan fingerprint density at radius 2 is 1.62 bits per heavy atom. The second-order valence-corrected chi connectivity index (χ2v) is 16.9. The standard InChI is InChI=1S/C45H50N6O7/c1-43(2,3)58-41(55)49(5)25-32-14-9-10-15-33(32)26-51(40(54)44(4)19-21-50(29-44)42(56)57-28-30-12-7-6-8-13-30)27-37(52)47-35-18-17-31-23-45(24-34(31)22-35)36-16-11-20-46-38(36)48-39(45)53/h6-18,20,22H,19,21,23-29H2,1-5H3,(H,47,52)(H,46,48,53)/t44?,45-/m1/s1. The monoisotopic (exact) mass is 786 g/mol. The summed E-state index contributed by atoms with van der Waals surface area (Å²) in [6.07, 6.45) is 2.05. The van der Waals surface area contributed by atoms with Crippen LogP contribution in [0.5, 0.6) is 0 Å². The van der Waals surface area contributed by atoms with Gasteiger partial charge in [-0.25, -0.2) is 14.6 Å². The molecule has 1 aromatic heterocycles. The third-order valence-corrected chi connectivity index (χ3v) is 11.1. The average molecular weight is 787 g/mol. The Kier molecular flexibility index (Phi) is 11.0. The summed E-state index contributed by atoms with van der Waals surface area (Å²) in [4.78, 5) is 76.8. The molecule has 13 nitrogen and oxygen atoms in total. The van der Waals surface area contributed by atoms with Gasteiger partial charge in [0, 0.05) is 50.7 Å². The van der Waals surface area contributed by atoms with Gasteiger partial charge in [0.2, 0.25) is 17.7 Å². The van der Waals surface area contributed by atoms with E-state index in [9.17, 15) is 24.0 Å². The van der Waals surface area contributed by atoms with Crippen LogP contribution in [0.3, 0.4) is 0 Å². The van der Waals surface area contributed by atoms with E-state index in [0.717, 1.165) is 33.4 Å². The van der Waals surface area contributed by atoms with Crippen LogP contribution in [0.15, 0.2) is 91.1 Å². The molecular weight excluding hydrogens is 737 g/mol. The molecule has 1 fully saturated rings. The number of hydrogen-bond donors (Lipinski definition) is 2. The quantitative estimate of drug-likeness (QED) is 0.186. The molecule has 1 spiro atoms. The summed E-state index contributed by atoms with van der Waals surface area (Å²) in [5.74, 6) is -0.192. The molecule has 7 rings (SSSR count). The number of fused-ring (bicyclic) bond motifs is 3. The molecule has 3 aromatic carbocycles. The Hall–Kier alpha value is -6.24. The van der Waals surface area contributed by atoms with Crippen LogP contribution in [-0.4, -0.2) is 81.9 Å². The normalized spacial score (nSPS) is 19.3. The largest absolute Gasteiger partial charge is 0.445 e.